The quantitative estimate of drug-likeness (QED) is 0.850. The fraction of sp³-hybridized carbons (Fsp3) is 0.286. The summed E-state index contributed by atoms with van der Waals surface area (Å²) in [4.78, 5) is 3.89. The van der Waals surface area contributed by atoms with Gasteiger partial charge in [0.25, 0.3) is 0 Å². The van der Waals surface area contributed by atoms with E-state index in [1.165, 1.54) is 16.8 Å². The van der Waals surface area contributed by atoms with E-state index >= 15 is 0 Å². The number of halogens is 3. The summed E-state index contributed by atoms with van der Waals surface area (Å²) in [5, 5.41) is 7.67. The number of nitrogens with zero attached hydrogens (tertiary/aromatic N) is 3. The number of rotatable bonds is 2. The van der Waals surface area contributed by atoms with Crippen molar-refractivity contribution in [1.29, 1.82) is 0 Å². The van der Waals surface area contributed by atoms with Gasteiger partial charge in [0.15, 0.2) is 10.6 Å². The molecule has 2 heterocycles. The lowest BCUT2D eigenvalue weighted by atomic mass is 10.4. The van der Waals surface area contributed by atoms with Crippen molar-refractivity contribution in [3.05, 3.63) is 15.7 Å². The second kappa shape index (κ2) is 3.98. The van der Waals surface area contributed by atoms with E-state index in [2.05, 4.69) is 15.2 Å². The van der Waals surface area contributed by atoms with E-state index in [1.807, 2.05) is 0 Å². The first-order valence-electron chi connectivity index (χ1n) is 4.08. The van der Waals surface area contributed by atoms with E-state index in [4.69, 9.17) is 12.2 Å². The molecule has 0 aromatic carbocycles. The SMILES string of the molecule is FC(F)(F)Cn1c(-c2cscn2)n[nH]c1=S. The highest BCUT2D eigenvalue weighted by atomic mass is 32.1. The molecule has 16 heavy (non-hydrogen) atoms. The number of H-pyrrole nitrogens is 1. The van der Waals surface area contributed by atoms with Gasteiger partial charge in [-0.3, -0.25) is 9.67 Å². The van der Waals surface area contributed by atoms with Gasteiger partial charge < -0.3 is 0 Å². The van der Waals surface area contributed by atoms with Crippen LogP contribution in [0.25, 0.3) is 11.5 Å². The zero-order valence-corrected chi connectivity index (χ0v) is 9.29. The van der Waals surface area contributed by atoms with Crippen molar-refractivity contribution in [2.75, 3.05) is 0 Å². The smallest absolute Gasteiger partial charge is 0.290 e. The van der Waals surface area contributed by atoms with Crippen molar-refractivity contribution >= 4 is 23.6 Å². The van der Waals surface area contributed by atoms with Crippen molar-refractivity contribution < 1.29 is 13.2 Å². The molecule has 0 radical (unpaired) electrons. The lowest BCUT2D eigenvalue weighted by Gasteiger charge is -2.08. The van der Waals surface area contributed by atoms with E-state index in [-0.39, 0.29) is 10.6 Å². The zero-order chi connectivity index (χ0) is 11.8. The molecule has 4 nitrogen and oxygen atoms in total. The van der Waals surface area contributed by atoms with Gasteiger partial charge in [0.2, 0.25) is 0 Å². The van der Waals surface area contributed by atoms with Crippen LogP contribution in [-0.4, -0.2) is 25.9 Å². The highest BCUT2D eigenvalue weighted by molar-refractivity contribution is 7.71. The Morgan fingerprint density at radius 2 is 2.25 bits per heavy atom. The third-order valence-corrected chi connectivity index (χ3v) is 2.66. The molecule has 0 amide bonds. The number of hydrogen-bond donors (Lipinski definition) is 1. The molecule has 0 spiro atoms. The summed E-state index contributed by atoms with van der Waals surface area (Å²) in [6.45, 7) is -1.17. The van der Waals surface area contributed by atoms with Crippen LogP contribution in [0.2, 0.25) is 0 Å². The Balaban J connectivity index is 2.45. The van der Waals surface area contributed by atoms with Gasteiger partial charge in [0.1, 0.15) is 12.2 Å². The fourth-order valence-electron chi connectivity index (χ4n) is 1.16. The summed E-state index contributed by atoms with van der Waals surface area (Å²) in [6.07, 6.45) is -4.34. The molecule has 2 rings (SSSR count). The van der Waals surface area contributed by atoms with Gasteiger partial charge in [-0.1, -0.05) is 0 Å². The van der Waals surface area contributed by atoms with E-state index in [0.717, 1.165) is 4.57 Å². The number of aromatic amines is 1. The van der Waals surface area contributed by atoms with Crippen LogP contribution in [-0.2, 0) is 6.54 Å². The second-order valence-corrected chi connectivity index (χ2v) is 4.03. The first-order valence-corrected chi connectivity index (χ1v) is 5.43. The molecular weight excluding hydrogens is 261 g/mol. The Bertz CT molecular complexity index is 525. The Kier molecular flexibility index (Phi) is 2.80. The summed E-state index contributed by atoms with van der Waals surface area (Å²) in [5.41, 5.74) is 1.90. The Hall–Kier alpha value is -1.22. The number of alkyl halides is 3. The Labute approximate surface area is 96.8 Å². The van der Waals surface area contributed by atoms with Crippen LogP contribution in [0.3, 0.4) is 0 Å². The van der Waals surface area contributed by atoms with E-state index in [1.54, 1.807) is 5.38 Å². The van der Waals surface area contributed by atoms with Gasteiger partial charge in [-0.05, 0) is 12.2 Å². The summed E-state index contributed by atoms with van der Waals surface area (Å²) in [7, 11) is 0. The van der Waals surface area contributed by atoms with Gasteiger partial charge in [0, 0.05) is 5.38 Å². The molecule has 0 saturated heterocycles. The molecule has 0 fully saturated rings. The highest BCUT2D eigenvalue weighted by Gasteiger charge is 2.30. The normalized spacial score (nSPS) is 11.9. The lowest BCUT2D eigenvalue weighted by molar-refractivity contribution is -0.140. The van der Waals surface area contributed by atoms with Crippen molar-refractivity contribution in [2.24, 2.45) is 0 Å². The van der Waals surface area contributed by atoms with Gasteiger partial charge in [-0.25, -0.2) is 4.98 Å². The van der Waals surface area contributed by atoms with Crippen molar-refractivity contribution in [1.82, 2.24) is 19.7 Å². The standard InChI is InChI=1S/C7H5F3N4S2/c8-7(9,10)2-14-5(12-13-6(14)15)4-1-16-3-11-4/h1,3H,2H2,(H,13,15). The number of nitrogens with one attached hydrogen (secondary N) is 1. The Morgan fingerprint density at radius 1 is 1.50 bits per heavy atom. The van der Waals surface area contributed by atoms with Gasteiger partial charge >= 0.3 is 6.18 Å². The molecule has 0 atom stereocenters. The predicted molar refractivity (Wildman–Crippen MR) is 54.6 cm³/mol. The molecule has 0 aliphatic heterocycles. The average molecular weight is 266 g/mol. The number of hydrogen-bond acceptors (Lipinski definition) is 4. The van der Waals surface area contributed by atoms with Crippen LogP contribution < -0.4 is 0 Å². The van der Waals surface area contributed by atoms with E-state index in [0.29, 0.717) is 5.69 Å². The topological polar surface area (TPSA) is 46.5 Å². The van der Waals surface area contributed by atoms with E-state index < -0.39 is 12.7 Å². The number of aromatic nitrogens is 4. The summed E-state index contributed by atoms with van der Waals surface area (Å²) in [5.74, 6) is 0.101. The molecule has 86 valence electrons. The van der Waals surface area contributed by atoms with Crippen molar-refractivity contribution in [3.8, 4) is 11.5 Å². The average Bonchev–Trinajstić information content (AvgIpc) is 2.75. The molecule has 0 aliphatic carbocycles. The predicted octanol–water partition coefficient (Wildman–Crippen LogP) is 2.63. The summed E-state index contributed by atoms with van der Waals surface area (Å²) in [6, 6.07) is 0. The molecule has 2 aromatic rings. The molecule has 0 bridgehead atoms. The number of thiazole rings is 1. The molecule has 0 aliphatic rings. The van der Waals surface area contributed by atoms with Crippen LogP contribution in [0.1, 0.15) is 0 Å². The maximum absolute atomic E-state index is 12.3. The van der Waals surface area contributed by atoms with E-state index in [9.17, 15) is 13.2 Å². The van der Waals surface area contributed by atoms with Crippen LogP contribution in [0.15, 0.2) is 10.9 Å². The monoisotopic (exact) mass is 266 g/mol. The molecule has 0 unspecified atom stereocenters. The summed E-state index contributed by atoms with van der Waals surface area (Å²) >= 11 is 6.01. The maximum atomic E-state index is 12.3. The van der Waals surface area contributed by atoms with Crippen LogP contribution in [0.5, 0.6) is 0 Å². The third-order valence-electron chi connectivity index (χ3n) is 1.76. The zero-order valence-electron chi connectivity index (χ0n) is 7.65. The second-order valence-electron chi connectivity index (χ2n) is 2.93. The summed E-state index contributed by atoms with van der Waals surface area (Å²) < 4.78 is 37.7. The fourth-order valence-corrected chi connectivity index (χ4v) is 1.89. The Morgan fingerprint density at radius 3 is 2.81 bits per heavy atom. The van der Waals surface area contributed by atoms with Crippen LogP contribution in [0, 0.1) is 4.77 Å². The molecule has 1 N–H and O–H groups in total. The van der Waals surface area contributed by atoms with Crippen LogP contribution in [0.4, 0.5) is 13.2 Å². The molecule has 9 heteroatoms. The van der Waals surface area contributed by atoms with Gasteiger partial charge in [-0.15, -0.1) is 11.3 Å². The third kappa shape index (κ3) is 2.30. The van der Waals surface area contributed by atoms with Crippen molar-refractivity contribution in [3.63, 3.8) is 0 Å². The molecule has 2 aromatic heterocycles. The lowest BCUT2D eigenvalue weighted by Crippen LogP contribution is -2.18. The first-order chi connectivity index (χ1) is 7.47. The maximum Gasteiger partial charge on any atom is 0.406 e. The minimum atomic E-state index is -4.34. The minimum Gasteiger partial charge on any atom is -0.290 e. The first kappa shape index (κ1) is 11.3. The van der Waals surface area contributed by atoms with Gasteiger partial charge in [0.05, 0.1) is 5.51 Å². The largest absolute Gasteiger partial charge is 0.406 e. The molecular formula is C7H5F3N4S2. The molecule has 0 saturated carbocycles. The minimum absolute atomic E-state index is 0.0691. The van der Waals surface area contributed by atoms with Crippen LogP contribution >= 0.6 is 23.6 Å². The van der Waals surface area contributed by atoms with Crippen molar-refractivity contribution in [2.45, 2.75) is 12.7 Å². The van der Waals surface area contributed by atoms with Gasteiger partial charge in [-0.2, -0.15) is 18.3 Å². The highest BCUT2D eigenvalue weighted by Crippen LogP contribution is 2.22.